The number of hydrogen-bond acceptors (Lipinski definition) is 2. The van der Waals surface area contributed by atoms with Gasteiger partial charge in [-0.05, 0) is 59.8 Å². The van der Waals surface area contributed by atoms with Gasteiger partial charge in [-0.15, -0.1) is 0 Å². The molecule has 0 radical (unpaired) electrons. The first kappa shape index (κ1) is 13.2. The normalized spacial score (nSPS) is 10.7. The summed E-state index contributed by atoms with van der Waals surface area (Å²) in [5, 5.41) is 13.3. The van der Waals surface area contributed by atoms with Crippen molar-refractivity contribution in [2.45, 2.75) is 13.3 Å². The highest BCUT2D eigenvalue weighted by Gasteiger charge is 2.07. The first-order chi connectivity index (χ1) is 10.1. The molecule has 0 atom stereocenters. The van der Waals surface area contributed by atoms with Gasteiger partial charge in [0.1, 0.15) is 5.75 Å². The molecule has 0 saturated carbocycles. The Hall–Kier alpha value is -2.75. The minimum Gasteiger partial charge on any atom is -0.508 e. The van der Waals surface area contributed by atoms with E-state index in [2.05, 4.69) is 10.3 Å². The maximum absolute atomic E-state index is 12.1. The summed E-state index contributed by atoms with van der Waals surface area (Å²) in [5.41, 5.74) is 3.59. The molecule has 1 heterocycles. The zero-order valence-electron chi connectivity index (χ0n) is 11.7. The largest absolute Gasteiger partial charge is 0.508 e. The maximum atomic E-state index is 12.1. The van der Waals surface area contributed by atoms with Crippen LogP contribution in [0.1, 0.15) is 11.1 Å². The van der Waals surface area contributed by atoms with Gasteiger partial charge in [-0.1, -0.05) is 6.07 Å². The molecular weight excluding hydrogens is 264 g/mol. The van der Waals surface area contributed by atoms with Gasteiger partial charge in [-0.25, -0.2) is 0 Å². The molecule has 0 aliphatic heterocycles. The third-order valence-electron chi connectivity index (χ3n) is 3.47. The fourth-order valence-corrected chi connectivity index (χ4v) is 2.38. The fourth-order valence-electron chi connectivity index (χ4n) is 2.38. The predicted octanol–water partition coefficient (Wildman–Crippen LogP) is 3.36. The maximum Gasteiger partial charge on any atom is 0.228 e. The number of aromatic nitrogens is 1. The van der Waals surface area contributed by atoms with Gasteiger partial charge in [-0.3, -0.25) is 4.79 Å². The molecule has 1 amide bonds. The molecule has 0 fully saturated rings. The van der Waals surface area contributed by atoms with Gasteiger partial charge in [0.2, 0.25) is 5.91 Å². The smallest absolute Gasteiger partial charge is 0.228 e. The Labute approximate surface area is 122 Å². The highest BCUT2D eigenvalue weighted by Crippen LogP contribution is 2.20. The van der Waals surface area contributed by atoms with E-state index in [1.165, 1.54) is 0 Å². The van der Waals surface area contributed by atoms with Crippen LogP contribution >= 0.6 is 0 Å². The number of carbonyl (C=O) groups excluding carboxylic acids is 1. The summed E-state index contributed by atoms with van der Waals surface area (Å²) in [5.74, 6) is 0.127. The van der Waals surface area contributed by atoms with Gasteiger partial charge in [0.25, 0.3) is 0 Å². The van der Waals surface area contributed by atoms with Crippen molar-refractivity contribution in [2.24, 2.45) is 0 Å². The lowest BCUT2D eigenvalue weighted by Gasteiger charge is -2.09. The molecule has 0 saturated heterocycles. The molecule has 21 heavy (non-hydrogen) atoms. The number of benzene rings is 2. The summed E-state index contributed by atoms with van der Waals surface area (Å²) in [6, 6.07) is 12.8. The van der Waals surface area contributed by atoms with Crippen LogP contribution in [0.4, 0.5) is 5.69 Å². The minimum absolute atomic E-state index is 0.0707. The van der Waals surface area contributed by atoms with Crippen LogP contribution in [0, 0.1) is 6.92 Å². The predicted molar refractivity (Wildman–Crippen MR) is 83.5 cm³/mol. The first-order valence-corrected chi connectivity index (χ1v) is 6.77. The van der Waals surface area contributed by atoms with Crippen LogP contribution in [0.25, 0.3) is 10.9 Å². The average molecular weight is 280 g/mol. The number of rotatable bonds is 3. The second-order valence-corrected chi connectivity index (χ2v) is 5.12. The summed E-state index contributed by atoms with van der Waals surface area (Å²) in [6.07, 6.45) is 2.20. The van der Waals surface area contributed by atoms with Crippen LogP contribution in [0.3, 0.4) is 0 Å². The molecule has 0 aliphatic carbocycles. The Morgan fingerprint density at radius 1 is 1.19 bits per heavy atom. The molecule has 3 N–H and O–H groups in total. The monoisotopic (exact) mass is 280 g/mol. The number of aromatic hydroxyl groups is 1. The van der Waals surface area contributed by atoms with E-state index in [9.17, 15) is 9.90 Å². The lowest BCUT2D eigenvalue weighted by Crippen LogP contribution is -2.15. The number of fused-ring (bicyclic) bond motifs is 1. The average Bonchev–Trinajstić information content (AvgIpc) is 2.89. The minimum atomic E-state index is -0.0707. The molecule has 2 aromatic carbocycles. The number of aryl methyl sites for hydroxylation is 1. The quantitative estimate of drug-likeness (QED) is 0.644. The Balaban J connectivity index is 1.73. The molecule has 4 heteroatoms. The number of phenols is 1. The van der Waals surface area contributed by atoms with Gasteiger partial charge in [-0.2, -0.15) is 0 Å². The van der Waals surface area contributed by atoms with Crippen LogP contribution in [-0.2, 0) is 11.2 Å². The van der Waals surface area contributed by atoms with Crippen molar-refractivity contribution >= 4 is 22.5 Å². The van der Waals surface area contributed by atoms with Crippen molar-refractivity contribution in [1.82, 2.24) is 4.98 Å². The molecule has 0 unspecified atom stereocenters. The molecule has 1 aromatic heterocycles. The number of carbonyl (C=O) groups is 1. The number of nitrogens with one attached hydrogen (secondary N) is 2. The molecule has 3 rings (SSSR count). The van der Waals surface area contributed by atoms with E-state index >= 15 is 0 Å². The van der Waals surface area contributed by atoms with E-state index in [4.69, 9.17) is 0 Å². The van der Waals surface area contributed by atoms with E-state index in [-0.39, 0.29) is 11.7 Å². The van der Waals surface area contributed by atoms with Crippen molar-refractivity contribution in [3.8, 4) is 5.75 Å². The SMILES string of the molecule is Cc1cc(O)ccc1NC(=O)Cc1ccc2[nH]ccc2c1. The molecule has 4 nitrogen and oxygen atoms in total. The van der Waals surface area contributed by atoms with E-state index in [0.717, 1.165) is 27.7 Å². The molecule has 0 bridgehead atoms. The van der Waals surface area contributed by atoms with E-state index in [1.54, 1.807) is 18.2 Å². The standard InChI is InChI=1S/C17H16N2O2/c1-11-8-14(20)3-5-15(11)19-17(21)10-12-2-4-16-13(9-12)6-7-18-16/h2-9,18,20H,10H2,1H3,(H,19,21). The van der Waals surface area contributed by atoms with Crippen LogP contribution in [-0.4, -0.2) is 16.0 Å². The van der Waals surface area contributed by atoms with Gasteiger partial charge in [0, 0.05) is 17.4 Å². The number of aromatic amines is 1. The summed E-state index contributed by atoms with van der Waals surface area (Å²) in [7, 11) is 0. The van der Waals surface area contributed by atoms with Crippen molar-refractivity contribution in [3.05, 3.63) is 59.8 Å². The van der Waals surface area contributed by atoms with Crippen molar-refractivity contribution < 1.29 is 9.90 Å². The van der Waals surface area contributed by atoms with E-state index < -0.39 is 0 Å². The van der Waals surface area contributed by atoms with E-state index in [1.807, 2.05) is 37.4 Å². The van der Waals surface area contributed by atoms with Gasteiger partial charge < -0.3 is 15.4 Å². The third kappa shape index (κ3) is 2.89. The highest BCUT2D eigenvalue weighted by atomic mass is 16.3. The Morgan fingerprint density at radius 2 is 2.05 bits per heavy atom. The second kappa shape index (κ2) is 5.32. The van der Waals surface area contributed by atoms with Crippen LogP contribution < -0.4 is 5.32 Å². The number of anilines is 1. The second-order valence-electron chi connectivity index (χ2n) is 5.12. The van der Waals surface area contributed by atoms with Crippen molar-refractivity contribution in [2.75, 3.05) is 5.32 Å². The lowest BCUT2D eigenvalue weighted by molar-refractivity contribution is -0.115. The molecule has 0 spiro atoms. The topological polar surface area (TPSA) is 65.1 Å². The first-order valence-electron chi connectivity index (χ1n) is 6.77. The summed E-state index contributed by atoms with van der Waals surface area (Å²) in [4.78, 5) is 15.2. The Morgan fingerprint density at radius 3 is 2.86 bits per heavy atom. The highest BCUT2D eigenvalue weighted by molar-refractivity contribution is 5.93. The van der Waals surface area contributed by atoms with Crippen molar-refractivity contribution in [3.63, 3.8) is 0 Å². The molecular formula is C17H16N2O2. The third-order valence-corrected chi connectivity index (χ3v) is 3.47. The summed E-state index contributed by atoms with van der Waals surface area (Å²) < 4.78 is 0. The van der Waals surface area contributed by atoms with Crippen molar-refractivity contribution in [1.29, 1.82) is 0 Å². The van der Waals surface area contributed by atoms with Crippen LogP contribution in [0.5, 0.6) is 5.75 Å². The summed E-state index contributed by atoms with van der Waals surface area (Å²) >= 11 is 0. The zero-order chi connectivity index (χ0) is 14.8. The van der Waals surface area contributed by atoms with Crippen LogP contribution in [0.15, 0.2) is 48.7 Å². The zero-order valence-corrected chi connectivity index (χ0v) is 11.7. The lowest BCUT2D eigenvalue weighted by atomic mass is 10.1. The van der Waals surface area contributed by atoms with Gasteiger partial charge >= 0.3 is 0 Å². The molecule has 0 aliphatic rings. The number of hydrogen-bond donors (Lipinski definition) is 3. The number of phenolic OH excluding ortho intramolecular Hbond substituents is 1. The fraction of sp³-hybridized carbons (Fsp3) is 0.118. The van der Waals surface area contributed by atoms with Gasteiger partial charge in [0.05, 0.1) is 6.42 Å². The van der Waals surface area contributed by atoms with Crippen LogP contribution in [0.2, 0.25) is 0 Å². The number of amides is 1. The van der Waals surface area contributed by atoms with E-state index in [0.29, 0.717) is 6.42 Å². The Bertz CT molecular complexity index is 805. The number of H-pyrrole nitrogens is 1. The van der Waals surface area contributed by atoms with Gasteiger partial charge in [0.15, 0.2) is 0 Å². The Kier molecular flexibility index (Phi) is 3.36. The molecule has 106 valence electrons. The molecule has 3 aromatic rings. The summed E-state index contributed by atoms with van der Waals surface area (Å²) in [6.45, 7) is 1.85.